The van der Waals surface area contributed by atoms with E-state index < -0.39 is 204 Å². The standard InChI is InChI=1S/C41H28O27/c42-13-1-8(2-14(43)24(13)48)34(54)65-32-30-18-7-62-35(55)9-3-15(44)25(49)28(52)20(9)21-10(4-16(45)26(50)29(21)53)37(57)67-39(63-18)33(32)66-38(58)12-6-19(47)41(61)40(59,60)23(12)22-11(36(56)64-30)5-17(46)27(51)31(22)68-41/h1-6,18,23,30,32-33,39,42-46,48-53,59-61H,7H2. The van der Waals surface area contributed by atoms with Crippen LogP contribution in [0.3, 0.4) is 0 Å². The topological polar surface area (TPSA) is 450 Å². The zero-order valence-electron chi connectivity index (χ0n) is 33.2. The van der Waals surface area contributed by atoms with Crippen molar-refractivity contribution in [3.8, 4) is 80.1 Å². The van der Waals surface area contributed by atoms with Gasteiger partial charge >= 0.3 is 35.6 Å². The van der Waals surface area contributed by atoms with Gasteiger partial charge in [0.2, 0.25) is 35.4 Å². The summed E-state index contributed by atoms with van der Waals surface area (Å²) in [5.41, 5.74) is -8.44. The summed E-state index contributed by atoms with van der Waals surface area (Å²) in [5, 5.41) is 150. The summed E-state index contributed by atoms with van der Waals surface area (Å²) < 4.78 is 38.9. The van der Waals surface area contributed by atoms with Crippen LogP contribution in [0.4, 0.5) is 0 Å². The molecule has 5 aliphatic rings. The predicted molar refractivity (Wildman–Crippen MR) is 204 cm³/mol. The third kappa shape index (κ3) is 6.21. The van der Waals surface area contributed by atoms with E-state index in [1.54, 1.807) is 0 Å². The molecule has 9 rings (SSSR count). The molecule has 4 aromatic carbocycles. The molecule has 0 spiro atoms. The highest BCUT2D eigenvalue weighted by molar-refractivity contribution is 6.10. The Kier molecular flexibility index (Phi) is 9.64. The first-order valence-corrected chi connectivity index (χ1v) is 19.1. The Bertz CT molecular complexity index is 3020. The van der Waals surface area contributed by atoms with Crippen LogP contribution in [0.2, 0.25) is 0 Å². The third-order valence-electron chi connectivity index (χ3n) is 11.5. The number of cyclic esters (lactones) is 1. The van der Waals surface area contributed by atoms with Crippen LogP contribution >= 0.6 is 0 Å². The second-order valence-corrected chi connectivity index (χ2v) is 15.5. The zero-order valence-corrected chi connectivity index (χ0v) is 33.2. The fourth-order valence-corrected chi connectivity index (χ4v) is 8.25. The lowest BCUT2D eigenvalue weighted by atomic mass is 9.70. The van der Waals surface area contributed by atoms with Gasteiger partial charge in [-0.2, -0.15) is 0 Å². The number of hydrogen-bond acceptors (Lipinski definition) is 27. The summed E-state index contributed by atoms with van der Waals surface area (Å²) >= 11 is 0. The molecule has 0 aromatic heterocycles. The van der Waals surface area contributed by atoms with Gasteiger partial charge in [-0.15, -0.1) is 0 Å². The van der Waals surface area contributed by atoms with Crippen LogP contribution < -0.4 is 4.74 Å². The van der Waals surface area contributed by atoms with Gasteiger partial charge in [0.25, 0.3) is 5.79 Å². The highest BCUT2D eigenvalue weighted by Gasteiger charge is 2.70. The maximum Gasteiger partial charge on any atom is 0.341 e. The van der Waals surface area contributed by atoms with Gasteiger partial charge in [-0.05, 0) is 36.4 Å². The lowest BCUT2D eigenvalue weighted by Crippen LogP contribution is -2.70. The van der Waals surface area contributed by atoms with Crippen LogP contribution in [-0.4, -0.2) is 156 Å². The molecule has 1 fully saturated rings. The summed E-state index contributed by atoms with van der Waals surface area (Å²) in [6.45, 7) is -1.30. The van der Waals surface area contributed by atoms with Gasteiger partial charge in [0, 0.05) is 16.7 Å². The maximum atomic E-state index is 14.5. The molecule has 0 amide bonds. The van der Waals surface area contributed by atoms with Crippen molar-refractivity contribution in [2.45, 2.75) is 48.2 Å². The Hall–Kier alpha value is -8.92. The summed E-state index contributed by atoms with van der Waals surface area (Å²) in [6.07, 6.45) is -12.2. The average molecular weight is 953 g/mol. The van der Waals surface area contributed by atoms with Gasteiger partial charge in [-0.25, -0.2) is 24.0 Å². The molecule has 14 N–H and O–H groups in total. The molecule has 0 radical (unpaired) electrons. The fourth-order valence-electron chi connectivity index (χ4n) is 8.25. The molecule has 4 aliphatic heterocycles. The minimum absolute atomic E-state index is 0.238. The van der Waals surface area contributed by atoms with E-state index in [2.05, 4.69) is 0 Å². The van der Waals surface area contributed by atoms with E-state index in [-0.39, 0.29) is 6.08 Å². The van der Waals surface area contributed by atoms with E-state index in [0.717, 1.165) is 0 Å². The van der Waals surface area contributed by atoms with Crippen molar-refractivity contribution in [2.24, 2.45) is 0 Å². The molecule has 7 unspecified atom stereocenters. The van der Waals surface area contributed by atoms with Crippen LogP contribution in [0.25, 0.3) is 11.1 Å². The van der Waals surface area contributed by atoms with Crippen molar-refractivity contribution in [1.29, 1.82) is 0 Å². The van der Waals surface area contributed by atoms with Crippen LogP contribution in [0.1, 0.15) is 52.9 Å². The normalized spacial score (nSPS) is 25.7. The summed E-state index contributed by atoms with van der Waals surface area (Å²) in [4.78, 5) is 84.8. The smallest absolute Gasteiger partial charge is 0.341 e. The SMILES string of the molecule is O=C1OC2C3OC(=O)c4cc(O)c(O)c(O)c4-c4c(cc(O)c(O)c4O)C(=O)OCC(O3)C(OC(=O)c3cc(O)c(O)c4c3C3C1=CC(=O)C(O)(O4)C3(O)O)C2OC(=O)c1cc(O)c(O)c(O)c1. The van der Waals surface area contributed by atoms with Gasteiger partial charge in [0.1, 0.15) is 12.7 Å². The van der Waals surface area contributed by atoms with E-state index >= 15 is 0 Å². The van der Waals surface area contributed by atoms with E-state index in [1.807, 2.05) is 0 Å². The van der Waals surface area contributed by atoms with Gasteiger partial charge in [-0.1, -0.05) is 0 Å². The quantitative estimate of drug-likeness (QED) is 0.0491. The minimum Gasteiger partial charge on any atom is -0.504 e. The molecule has 68 heavy (non-hydrogen) atoms. The number of ketones is 1. The monoisotopic (exact) mass is 952 g/mol. The van der Waals surface area contributed by atoms with Crippen LogP contribution in [0.15, 0.2) is 42.0 Å². The Morgan fingerprint density at radius 1 is 0.588 bits per heavy atom. The molecule has 27 heteroatoms. The molecular formula is C41H28O27. The van der Waals surface area contributed by atoms with E-state index in [1.165, 1.54) is 0 Å². The summed E-state index contributed by atoms with van der Waals surface area (Å²) in [7, 11) is 0. The first-order valence-electron chi connectivity index (χ1n) is 19.1. The van der Waals surface area contributed by atoms with Crippen molar-refractivity contribution in [2.75, 3.05) is 6.61 Å². The van der Waals surface area contributed by atoms with E-state index in [9.17, 15) is 100 Å². The number of esters is 5. The molecule has 6 bridgehead atoms. The minimum atomic E-state index is -3.99. The first-order chi connectivity index (χ1) is 31.9. The fraction of sp³-hybridized carbons (Fsp3) is 0.220. The second-order valence-electron chi connectivity index (χ2n) is 15.5. The molecule has 4 heterocycles. The largest absolute Gasteiger partial charge is 0.504 e. The number of benzene rings is 4. The van der Waals surface area contributed by atoms with Gasteiger partial charge < -0.3 is 105 Å². The number of phenolic OH excluding ortho intramolecular Hbond substituents is 11. The van der Waals surface area contributed by atoms with Crippen molar-refractivity contribution in [3.05, 3.63) is 69.8 Å². The number of carbonyl (C=O) groups is 6. The van der Waals surface area contributed by atoms with Crippen molar-refractivity contribution < 1.29 is 133 Å². The number of hydrogen-bond donors (Lipinski definition) is 14. The summed E-state index contributed by atoms with van der Waals surface area (Å²) in [5.74, 6) is -36.5. The number of phenols is 11. The Morgan fingerprint density at radius 3 is 1.71 bits per heavy atom. The number of rotatable bonds is 2. The Balaban J connectivity index is 1.29. The number of aliphatic hydroxyl groups is 3. The third-order valence-corrected chi connectivity index (χ3v) is 11.5. The van der Waals surface area contributed by atoms with E-state index in [4.69, 9.17) is 33.2 Å². The maximum absolute atomic E-state index is 14.5. The summed E-state index contributed by atoms with van der Waals surface area (Å²) in [6, 6.07) is 2.32. The predicted octanol–water partition coefficient (Wildman–Crippen LogP) is -1.10. The molecule has 7 atom stereocenters. The van der Waals surface area contributed by atoms with Gasteiger partial charge in [0.05, 0.1) is 33.7 Å². The van der Waals surface area contributed by atoms with Crippen LogP contribution in [0.5, 0.6) is 69.0 Å². The van der Waals surface area contributed by atoms with Gasteiger partial charge in [-0.3, -0.25) is 4.79 Å². The number of carbonyl (C=O) groups excluding carboxylic acids is 6. The van der Waals surface area contributed by atoms with Crippen molar-refractivity contribution in [1.82, 2.24) is 0 Å². The highest BCUT2D eigenvalue weighted by Crippen LogP contribution is 2.59. The van der Waals surface area contributed by atoms with Gasteiger partial charge in [0.15, 0.2) is 64.0 Å². The molecule has 4 aromatic rings. The first kappa shape index (κ1) is 44.3. The average Bonchev–Trinajstić information content (AvgIpc) is 3.28. The zero-order chi connectivity index (χ0) is 49.4. The lowest BCUT2D eigenvalue weighted by Gasteiger charge is -2.49. The molecule has 354 valence electrons. The van der Waals surface area contributed by atoms with Crippen LogP contribution in [0, 0.1) is 0 Å². The number of aromatic hydroxyl groups is 11. The molecular weight excluding hydrogens is 924 g/mol. The Morgan fingerprint density at radius 2 is 1.10 bits per heavy atom. The molecule has 0 saturated carbocycles. The second kappa shape index (κ2) is 14.8. The highest BCUT2D eigenvalue weighted by atomic mass is 16.8. The number of ether oxygens (including phenoxy) is 7. The van der Waals surface area contributed by atoms with Crippen molar-refractivity contribution >= 4 is 35.6 Å². The van der Waals surface area contributed by atoms with E-state index in [0.29, 0.717) is 30.3 Å². The van der Waals surface area contributed by atoms with Crippen molar-refractivity contribution in [3.63, 3.8) is 0 Å². The lowest BCUT2D eigenvalue weighted by molar-refractivity contribution is -0.339. The Labute approximate surface area is 373 Å². The molecule has 27 nitrogen and oxygen atoms in total. The molecule has 1 aliphatic carbocycles. The number of fused-ring (bicyclic) bond motifs is 10. The van der Waals surface area contributed by atoms with Crippen LogP contribution in [-0.2, 0) is 38.0 Å². The molecule has 1 saturated heterocycles.